The van der Waals surface area contributed by atoms with Gasteiger partial charge in [-0.1, -0.05) is 12.1 Å². The van der Waals surface area contributed by atoms with Crippen LogP contribution in [0.15, 0.2) is 30.3 Å². The molecule has 0 aliphatic carbocycles. The first-order valence-corrected chi connectivity index (χ1v) is 8.73. The van der Waals surface area contributed by atoms with Gasteiger partial charge in [-0.05, 0) is 44.9 Å². The van der Waals surface area contributed by atoms with Gasteiger partial charge in [0.1, 0.15) is 11.6 Å². The molecule has 25 heavy (non-hydrogen) atoms. The highest BCUT2D eigenvalue weighted by atomic mass is 16.2. The summed E-state index contributed by atoms with van der Waals surface area (Å²) in [6.07, 6.45) is 1.07. The van der Waals surface area contributed by atoms with Gasteiger partial charge in [0.05, 0.1) is 12.1 Å². The molecule has 1 N–H and O–H groups in total. The maximum Gasteiger partial charge on any atom is 0.322 e. The Labute approximate surface area is 147 Å². The number of rotatable bonds is 2. The van der Waals surface area contributed by atoms with E-state index in [0.29, 0.717) is 0 Å². The van der Waals surface area contributed by atoms with Crippen LogP contribution in [0.4, 0.5) is 16.3 Å². The van der Waals surface area contributed by atoms with Gasteiger partial charge >= 0.3 is 6.03 Å². The molecule has 2 bridgehead atoms. The van der Waals surface area contributed by atoms with Crippen molar-refractivity contribution in [1.82, 2.24) is 14.9 Å². The minimum absolute atomic E-state index is 0.00143. The van der Waals surface area contributed by atoms with Crippen molar-refractivity contribution < 1.29 is 4.79 Å². The van der Waals surface area contributed by atoms with Gasteiger partial charge < -0.3 is 15.1 Å². The summed E-state index contributed by atoms with van der Waals surface area (Å²) >= 11 is 0. The average molecular weight is 337 g/mol. The number of benzene rings is 1. The Balaban J connectivity index is 1.44. The maximum absolute atomic E-state index is 12.6. The molecule has 2 aromatic rings. The predicted molar refractivity (Wildman–Crippen MR) is 97.9 cm³/mol. The summed E-state index contributed by atoms with van der Waals surface area (Å²) in [4.78, 5) is 25.8. The van der Waals surface area contributed by atoms with E-state index in [4.69, 9.17) is 0 Å². The molecule has 2 unspecified atom stereocenters. The van der Waals surface area contributed by atoms with Gasteiger partial charge in [0, 0.05) is 30.5 Å². The fourth-order valence-electron chi connectivity index (χ4n) is 3.90. The number of amides is 2. The van der Waals surface area contributed by atoms with Crippen LogP contribution in [0.1, 0.15) is 23.5 Å². The lowest BCUT2D eigenvalue weighted by Gasteiger charge is -2.56. The number of piperidine rings is 1. The van der Waals surface area contributed by atoms with E-state index in [1.807, 2.05) is 56.0 Å². The van der Waals surface area contributed by atoms with Crippen molar-refractivity contribution in [3.05, 3.63) is 47.4 Å². The molecule has 0 saturated carbocycles. The third-order valence-corrected chi connectivity index (χ3v) is 4.97. The summed E-state index contributed by atoms with van der Waals surface area (Å²) in [5, 5.41) is 3.03. The Morgan fingerprint density at radius 2 is 1.88 bits per heavy atom. The molecule has 0 radical (unpaired) electrons. The largest absolute Gasteiger partial charge is 0.352 e. The van der Waals surface area contributed by atoms with E-state index in [1.165, 1.54) is 0 Å². The van der Waals surface area contributed by atoms with Gasteiger partial charge in [-0.25, -0.2) is 14.8 Å². The zero-order valence-corrected chi connectivity index (χ0v) is 14.9. The molecule has 130 valence electrons. The molecule has 2 amide bonds. The SMILES string of the molecule is Cc1cccc(NC(=O)N2C3CC2CN(c2cc(C)nc(C)n2)C3)c1. The van der Waals surface area contributed by atoms with Crippen molar-refractivity contribution in [3.63, 3.8) is 0 Å². The normalized spacial score (nSPS) is 21.7. The van der Waals surface area contributed by atoms with Crippen molar-refractivity contribution in [2.24, 2.45) is 0 Å². The van der Waals surface area contributed by atoms with Crippen LogP contribution in [-0.2, 0) is 0 Å². The standard InChI is InChI=1S/C19H23N5O/c1-12-5-4-6-15(7-12)22-19(25)24-16-9-17(24)11-23(10-16)18-8-13(2)20-14(3)21-18/h4-8,16-17H,9-11H2,1-3H3,(H,22,25). The molecular weight excluding hydrogens is 314 g/mol. The van der Waals surface area contributed by atoms with E-state index in [0.717, 1.165) is 48.1 Å². The summed E-state index contributed by atoms with van der Waals surface area (Å²) in [7, 11) is 0. The second-order valence-electron chi connectivity index (χ2n) is 7.07. The number of aromatic nitrogens is 2. The van der Waals surface area contributed by atoms with Crippen LogP contribution in [-0.4, -0.2) is 46.1 Å². The van der Waals surface area contributed by atoms with Crippen LogP contribution in [0.5, 0.6) is 0 Å². The molecule has 0 spiro atoms. The highest BCUT2D eigenvalue weighted by molar-refractivity contribution is 5.90. The molecule has 3 aliphatic rings. The van der Waals surface area contributed by atoms with Crippen molar-refractivity contribution in [2.75, 3.05) is 23.3 Å². The molecular formula is C19H23N5O. The van der Waals surface area contributed by atoms with Crippen LogP contribution in [0, 0.1) is 20.8 Å². The molecule has 1 aromatic heterocycles. The Bertz CT molecular complexity index is 789. The van der Waals surface area contributed by atoms with Gasteiger partial charge in [-0.2, -0.15) is 0 Å². The van der Waals surface area contributed by atoms with Crippen molar-refractivity contribution in [2.45, 2.75) is 39.3 Å². The third-order valence-electron chi connectivity index (χ3n) is 4.97. The first-order chi connectivity index (χ1) is 12.0. The van der Waals surface area contributed by atoms with Crippen molar-refractivity contribution in [3.8, 4) is 0 Å². The molecule has 3 aliphatic heterocycles. The summed E-state index contributed by atoms with van der Waals surface area (Å²) < 4.78 is 0. The van der Waals surface area contributed by atoms with Gasteiger partial charge in [-0.3, -0.25) is 0 Å². The quantitative estimate of drug-likeness (QED) is 0.915. The predicted octanol–water partition coefficient (Wildman–Crippen LogP) is 2.90. The topological polar surface area (TPSA) is 61.4 Å². The monoisotopic (exact) mass is 337 g/mol. The molecule has 6 heteroatoms. The van der Waals surface area contributed by atoms with E-state index in [1.54, 1.807) is 0 Å². The van der Waals surface area contributed by atoms with Crippen LogP contribution in [0.3, 0.4) is 0 Å². The molecule has 1 aromatic carbocycles. The lowest BCUT2D eigenvalue weighted by atomic mass is 9.88. The summed E-state index contributed by atoms with van der Waals surface area (Å²) in [6, 6.07) is 10.4. The number of anilines is 2. The lowest BCUT2D eigenvalue weighted by molar-refractivity contribution is 0.0436. The molecule has 2 atom stereocenters. The third kappa shape index (κ3) is 3.04. The molecule has 3 saturated heterocycles. The van der Waals surface area contributed by atoms with Crippen molar-refractivity contribution in [1.29, 1.82) is 0 Å². The van der Waals surface area contributed by atoms with E-state index in [-0.39, 0.29) is 18.1 Å². The van der Waals surface area contributed by atoms with E-state index >= 15 is 0 Å². The van der Waals surface area contributed by atoms with E-state index in [2.05, 4.69) is 20.2 Å². The van der Waals surface area contributed by atoms with E-state index in [9.17, 15) is 4.79 Å². The van der Waals surface area contributed by atoms with Gasteiger partial charge in [0.15, 0.2) is 0 Å². The minimum Gasteiger partial charge on any atom is -0.352 e. The number of aryl methyl sites for hydroxylation is 3. The first-order valence-electron chi connectivity index (χ1n) is 8.73. The fourth-order valence-corrected chi connectivity index (χ4v) is 3.90. The minimum atomic E-state index is 0.00143. The number of carbonyl (C=O) groups excluding carboxylic acids is 1. The van der Waals surface area contributed by atoms with E-state index < -0.39 is 0 Å². The number of urea groups is 1. The molecule has 5 rings (SSSR count). The Morgan fingerprint density at radius 3 is 2.56 bits per heavy atom. The molecule has 3 fully saturated rings. The fraction of sp³-hybridized carbons (Fsp3) is 0.421. The summed E-state index contributed by atoms with van der Waals surface area (Å²) in [5.74, 6) is 1.77. The Kier molecular flexibility index (Phi) is 3.82. The second kappa shape index (κ2) is 6.02. The lowest BCUT2D eigenvalue weighted by Crippen LogP contribution is -2.71. The Morgan fingerprint density at radius 1 is 1.12 bits per heavy atom. The Hall–Kier alpha value is -2.63. The number of nitrogens with one attached hydrogen (secondary N) is 1. The number of carbonyl (C=O) groups is 1. The number of piperazine rings is 1. The summed E-state index contributed by atoms with van der Waals surface area (Å²) in [5.41, 5.74) is 2.98. The van der Waals surface area contributed by atoms with Crippen LogP contribution in [0.2, 0.25) is 0 Å². The van der Waals surface area contributed by atoms with Crippen molar-refractivity contribution >= 4 is 17.5 Å². The van der Waals surface area contributed by atoms with Crippen LogP contribution >= 0.6 is 0 Å². The zero-order chi connectivity index (χ0) is 17.6. The summed E-state index contributed by atoms with van der Waals surface area (Å²) in [6.45, 7) is 7.59. The van der Waals surface area contributed by atoms with Gasteiger partial charge in [0.2, 0.25) is 0 Å². The van der Waals surface area contributed by atoms with Gasteiger partial charge in [-0.15, -0.1) is 0 Å². The number of hydrogen-bond acceptors (Lipinski definition) is 4. The first kappa shape index (κ1) is 15.9. The zero-order valence-electron chi connectivity index (χ0n) is 14.9. The molecule has 6 nitrogen and oxygen atoms in total. The molecule has 4 heterocycles. The number of fused-ring (bicyclic) bond motifs is 2. The number of nitrogens with zero attached hydrogens (tertiary/aromatic N) is 4. The number of hydrogen-bond donors (Lipinski definition) is 1. The van der Waals surface area contributed by atoms with Crippen LogP contribution < -0.4 is 10.2 Å². The highest BCUT2D eigenvalue weighted by Gasteiger charge is 2.47. The second-order valence-corrected chi connectivity index (χ2v) is 7.07. The maximum atomic E-state index is 12.6. The smallest absolute Gasteiger partial charge is 0.322 e. The average Bonchev–Trinajstić information content (AvgIpc) is 2.54. The highest BCUT2D eigenvalue weighted by Crippen LogP contribution is 2.34. The van der Waals surface area contributed by atoms with Crippen LogP contribution in [0.25, 0.3) is 0 Å². The van der Waals surface area contributed by atoms with Gasteiger partial charge in [0.25, 0.3) is 0 Å².